The predicted octanol–water partition coefficient (Wildman–Crippen LogP) is 6.29. The lowest BCUT2D eigenvalue weighted by atomic mass is 9.76. The van der Waals surface area contributed by atoms with Gasteiger partial charge >= 0.3 is 12.1 Å². The fraction of sp³-hybridized carbons (Fsp3) is 0.464. The molecule has 1 saturated heterocycles. The first-order chi connectivity index (χ1) is 17.2. The minimum atomic E-state index is -1.59. The zero-order valence-corrected chi connectivity index (χ0v) is 22.9. The molecule has 0 spiro atoms. The lowest BCUT2D eigenvalue weighted by molar-refractivity contribution is -0.0386. The Hall–Kier alpha value is -2.97. The minimum absolute atomic E-state index is 0.0516. The Morgan fingerprint density at radius 2 is 1.57 bits per heavy atom. The van der Waals surface area contributed by atoms with E-state index < -0.39 is 46.0 Å². The summed E-state index contributed by atoms with van der Waals surface area (Å²) in [6.45, 7) is 11.5. The first-order valence-electron chi connectivity index (χ1n) is 12.3. The topological polar surface area (TPSA) is 104 Å². The highest BCUT2D eigenvalue weighted by Crippen LogP contribution is 2.38. The van der Waals surface area contributed by atoms with Crippen LogP contribution in [0, 0.1) is 11.7 Å². The van der Waals surface area contributed by atoms with E-state index in [-0.39, 0.29) is 17.0 Å². The Morgan fingerprint density at radius 3 is 2.05 bits per heavy atom. The molecule has 7 nitrogen and oxygen atoms in total. The number of hydrogen-bond acceptors (Lipinski definition) is 5. The fourth-order valence-electron chi connectivity index (χ4n) is 4.23. The molecule has 2 aromatic rings. The SMILES string of the molecule is CC.CC(C)(C)OC(=O)N1CCC(C(C)(O)c2cc(F)c(C(=O)c3ccc(Cl)cc3)c(C(=O)O)c2)CC1. The number of aromatic carboxylic acids is 1. The van der Waals surface area contributed by atoms with Crippen molar-refractivity contribution in [1.29, 1.82) is 0 Å². The smallest absolute Gasteiger partial charge is 0.410 e. The van der Waals surface area contributed by atoms with Crippen LogP contribution in [0.15, 0.2) is 36.4 Å². The molecule has 0 bridgehead atoms. The molecule has 37 heavy (non-hydrogen) atoms. The van der Waals surface area contributed by atoms with Crippen molar-refractivity contribution >= 4 is 29.4 Å². The molecule has 2 aromatic carbocycles. The lowest BCUT2D eigenvalue weighted by Crippen LogP contribution is -2.46. The molecule has 1 atom stereocenters. The van der Waals surface area contributed by atoms with Gasteiger partial charge in [-0.2, -0.15) is 0 Å². The predicted molar refractivity (Wildman–Crippen MR) is 140 cm³/mol. The maximum Gasteiger partial charge on any atom is 0.410 e. The Balaban J connectivity index is 0.00000235. The van der Waals surface area contributed by atoms with Crippen LogP contribution < -0.4 is 0 Å². The molecule has 1 unspecified atom stereocenters. The summed E-state index contributed by atoms with van der Waals surface area (Å²) in [4.78, 5) is 38.8. The molecule has 0 radical (unpaired) electrons. The molecule has 9 heteroatoms. The van der Waals surface area contributed by atoms with Crippen LogP contribution >= 0.6 is 11.6 Å². The molecule has 1 aliphatic heterocycles. The molecule has 0 aromatic heterocycles. The van der Waals surface area contributed by atoms with Gasteiger partial charge in [-0.25, -0.2) is 14.0 Å². The van der Waals surface area contributed by atoms with E-state index in [1.54, 1.807) is 25.7 Å². The molecule has 1 aliphatic rings. The second-order valence-corrected chi connectivity index (χ2v) is 10.3. The minimum Gasteiger partial charge on any atom is -0.478 e. The molecule has 3 rings (SSSR count). The summed E-state index contributed by atoms with van der Waals surface area (Å²) in [5, 5.41) is 21.5. The zero-order valence-electron chi connectivity index (χ0n) is 22.1. The van der Waals surface area contributed by atoms with Gasteiger partial charge in [-0.3, -0.25) is 4.79 Å². The number of hydrogen-bond donors (Lipinski definition) is 2. The Morgan fingerprint density at radius 1 is 1.03 bits per heavy atom. The second kappa shape index (κ2) is 12.0. The van der Waals surface area contributed by atoms with Gasteiger partial charge in [0, 0.05) is 23.7 Å². The largest absolute Gasteiger partial charge is 0.478 e. The number of amides is 1. The summed E-state index contributed by atoms with van der Waals surface area (Å²) >= 11 is 5.84. The van der Waals surface area contributed by atoms with Gasteiger partial charge in [0.05, 0.1) is 16.7 Å². The number of rotatable bonds is 5. The monoisotopic (exact) mass is 535 g/mol. The third-order valence-electron chi connectivity index (χ3n) is 6.18. The number of ether oxygens (including phenoxy) is 1. The summed E-state index contributed by atoms with van der Waals surface area (Å²) in [7, 11) is 0. The Bertz CT molecular complexity index is 1130. The van der Waals surface area contributed by atoms with Crippen molar-refractivity contribution in [3.8, 4) is 0 Å². The van der Waals surface area contributed by atoms with E-state index in [4.69, 9.17) is 16.3 Å². The third kappa shape index (κ3) is 7.29. The first kappa shape index (κ1) is 30.3. The summed E-state index contributed by atoms with van der Waals surface area (Å²) in [6.07, 6.45) is 0.364. The van der Waals surface area contributed by atoms with Crippen LogP contribution in [0.5, 0.6) is 0 Å². The molecule has 2 N–H and O–H groups in total. The normalized spacial score (nSPS) is 15.8. The zero-order chi connectivity index (χ0) is 28.1. The quantitative estimate of drug-likeness (QED) is 0.436. The summed E-state index contributed by atoms with van der Waals surface area (Å²) in [5.41, 5.74) is -3.20. The van der Waals surface area contributed by atoms with Crippen molar-refractivity contribution in [2.24, 2.45) is 5.92 Å². The number of nitrogens with zero attached hydrogens (tertiary/aromatic N) is 1. The molecule has 1 fully saturated rings. The van der Waals surface area contributed by atoms with Crippen molar-refractivity contribution in [3.05, 3.63) is 69.5 Å². The van der Waals surface area contributed by atoms with Gasteiger partial charge < -0.3 is 19.8 Å². The Kier molecular flexibility index (Phi) is 9.85. The molecule has 1 heterocycles. The van der Waals surface area contributed by atoms with Crippen LogP contribution in [0.4, 0.5) is 9.18 Å². The van der Waals surface area contributed by atoms with Crippen LogP contribution in [0.1, 0.15) is 86.2 Å². The van der Waals surface area contributed by atoms with Gasteiger partial charge in [-0.15, -0.1) is 0 Å². The van der Waals surface area contributed by atoms with E-state index in [0.29, 0.717) is 31.0 Å². The van der Waals surface area contributed by atoms with Crippen LogP contribution in [0.3, 0.4) is 0 Å². The van der Waals surface area contributed by atoms with Crippen molar-refractivity contribution in [2.45, 2.75) is 65.6 Å². The average molecular weight is 536 g/mol. The maximum absolute atomic E-state index is 15.2. The maximum atomic E-state index is 15.2. The first-order valence-corrected chi connectivity index (χ1v) is 12.7. The number of ketones is 1. The number of carbonyl (C=O) groups excluding carboxylic acids is 2. The highest BCUT2D eigenvalue weighted by Gasteiger charge is 2.39. The highest BCUT2D eigenvalue weighted by atomic mass is 35.5. The summed E-state index contributed by atoms with van der Waals surface area (Å²) in [6, 6.07) is 7.84. The van der Waals surface area contributed by atoms with Crippen molar-refractivity contribution in [2.75, 3.05) is 13.1 Å². The molecular formula is C28H35ClFNO6. The van der Waals surface area contributed by atoms with Crippen molar-refractivity contribution in [1.82, 2.24) is 4.90 Å². The van der Waals surface area contributed by atoms with Crippen LogP contribution in [0.25, 0.3) is 0 Å². The highest BCUT2D eigenvalue weighted by molar-refractivity contribution is 6.30. The van der Waals surface area contributed by atoms with E-state index in [1.165, 1.54) is 31.2 Å². The average Bonchev–Trinajstić information content (AvgIpc) is 2.83. The Labute approximate surface area is 222 Å². The van der Waals surface area contributed by atoms with Crippen molar-refractivity contribution < 1.29 is 33.7 Å². The van der Waals surface area contributed by atoms with E-state index in [9.17, 15) is 24.6 Å². The number of piperidine rings is 1. The van der Waals surface area contributed by atoms with Crippen LogP contribution in [-0.4, -0.2) is 51.6 Å². The van der Waals surface area contributed by atoms with Gasteiger partial charge in [-0.1, -0.05) is 25.4 Å². The third-order valence-corrected chi connectivity index (χ3v) is 6.43. The van der Waals surface area contributed by atoms with E-state index in [1.807, 2.05) is 13.8 Å². The number of carboxylic acids is 1. The number of carbonyl (C=O) groups is 3. The van der Waals surface area contributed by atoms with E-state index in [2.05, 4.69) is 0 Å². The fourth-order valence-corrected chi connectivity index (χ4v) is 4.36. The van der Waals surface area contributed by atoms with Gasteiger partial charge in [-0.05, 0) is 88.4 Å². The van der Waals surface area contributed by atoms with Gasteiger partial charge in [0.1, 0.15) is 11.4 Å². The van der Waals surface area contributed by atoms with E-state index in [0.717, 1.165) is 12.1 Å². The molecule has 0 aliphatic carbocycles. The summed E-state index contributed by atoms with van der Waals surface area (Å²) < 4.78 is 20.6. The van der Waals surface area contributed by atoms with E-state index >= 15 is 4.39 Å². The molecule has 0 saturated carbocycles. The number of benzene rings is 2. The van der Waals surface area contributed by atoms with Gasteiger partial charge in [0.15, 0.2) is 5.78 Å². The van der Waals surface area contributed by atoms with Crippen LogP contribution in [0.2, 0.25) is 5.02 Å². The second-order valence-electron chi connectivity index (χ2n) is 9.91. The lowest BCUT2D eigenvalue weighted by Gasteiger charge is -2.40. The van der Waals surface area contributed by atoms with Crippen LogP contribution in [-0.2, 0) is 10.3 Å². The molecule has 1 amide bonds. The number of carboxylic acid groups (broad SMARTS) is 1. The number of likely N-dealkylation sites (tertiary alicyclic amines) is 1. The standard InChI is InChI=1S/C26H29ClFNO6.C2H6/c1-25(2,3)35-24(33)29-11-9-16(10-12-29)26(4,34)17-13-19(23(31)32)21(20(28)14-17)22(30)15-5-7-18(27)8-6-15;1-2/h5-8,13-14,16,34H,9-12H2,1-4H3,(H,31,32);1-2H3. The number of aliphatic hydroxyl groups is 1. The summed E-state index contributed by atoms with van der Waals surface area (Å²) in [5.74, 6) is -3.70. The van der Waals surface area contributed by atoms with Gasteiger partial charge in [0.25, 0.3) is 0 Å². The number of halogens is 2. The van der Waals surface area contributed by atoms with Crippen molar-refractivity contribution in [3.63, 3.8) is 0 Å². The molecular weight excluding hydrogens is 501 g/mol. The van der Waals surface area contributed by atoms with Gasteiger partial charge in [0.2, 0.25) is 0 Å². The molecule has 202 valence electrons.